The van der Waals surface area contributed by atoms with Crippen molar-refractivity contribution in [3.8, 4) is 11.5 Å². The quantitative estimate of drug-likeness (QED) is 0.0625. The van der Waals surface area contributed by atoms with Crippen LogP contribution in [0.3, 0.4) is 0 Å². The van der Waals surface area contributed by atoms with Crippen molar-refractivity contribution in [2.24, 2.45) is 23.2 Å². The summed E-state index contributed by atoms with van der Waals surface area (Å²) >= 11 is 0. The first-order valence-electron chi connectivity index (χ1n) is 14.8. The van der Waals surface area contributed by atoms with Crippen molar-refractivity contribution in [1.29, 1.82) is 0 Å². The number of unbranched alkanes of at least 4 members (excludes halogenated alkanes) is 3. The van der Waals surface area contributed by atoms with Gasteiger partial charge in [0.05, 0.1) is 12.5 Å². The summed E-state index contributed by atoms with van der Waals surface area (Å²) in [5, 5.41) is 20.9. The van der Waals surface area contributed by atoms with Gasteiger partial charge in [0.15, 0.2) is 0 Å². The molecule has 1 unspecified atom stereocenters. The largest absolute Gasteiger partial charge is 0.516 e. The molecule has 3 aliphatic carbocycles. The lowest BCUT2D eigenvalue weighted by molar-refractivity contribution is -0.757. The fourth-order valence-electron chi connectivity index (χ4n) is 6.33. The molecule has 11 heteroatoms. The number of phenolic OH excluding ortho intramolecular Hbond substituents is 1. The Morgan fingerprint density at radius 3 is 2.38 bits per heavy atom. The molecule has 0 radical (unpaired) electrons. The van der Waals surface area contributed by atoms with Crippen molar-refractivity contribution in [3.05, 3.63) is 33.4 Å². The Morgan fingerprint density at radius 1 is 1.12 bits per heavy atom. The van der Waals surface area contributed by atoms with E-state index in [1.54, 1.807) is 26.0 Å². The molecule has 3 saturated carbocycles. The van der Waals surface area contributed by atoms with Gasteiger partial charge in [0, 0.05) is 30.7 Å². The van der Waals surface area contributed by atoms with Crippen molar-refractivity contribution in [2.75, 3.05) is 6.61 Å². The Labute approximate surface area is 247 Å². The number of ether oxygens (including phenoxy) is 3. The van der Waals surface area contributed by atoms with E-state index in [0.29, 0.717) is 12.0 Å². The molecule has 1 aromatic rings. The summed E-state index contributed by atoms with van der Waals surface area (Å²) in [6.45, 7) is 13.0. The van der Waals surface area contributed by atoms with E-state index < -0.39 is 34.8 Å². The van der Waals surface area contributed by atoms with Gasteiger partial charge in [-0.1, -0.05) is 60.8 Å². The molecule has 0 aromatic heterocycles. The molecule has 0 aliphatic heterocycles. The molecule has 0 heterocycles. The van der Waals surface area contributed by atoms with E-state index in [0.717, 1.165) is 37.7 Å². The molecule has 1 aromatic carbocycles. The molecule has 3 aliphatic rings. The number of benzene rings is 1. The second-order valence-electron chi connectivity index (χ2n) is 13.1. The van der Waals surface area contributed by atoms with Crippen molar-refractivity contribution in [1.82, 2.24) is 0 Å². The molecule has 11 nitrogen and oxygen atoms in total. The van der Waals surface area contributed by atoms with Crippen LogP contribution < -0.4 is 4.74 Å². The molecule has 0 saturated heterocycles. The molecule has 4 rings (SSSR count). The number of carbonyl (C=O) groups is 3. The number of phenols is 1. The lowest BCUT2D eigenvalue weighted by Gasteiger charge is -2.59. The van der Waals surface area contributed by atoms with E-state index in [9.17, 15) is 29.6 Å². The van der Waals surface area contributed by atoms with Crippen molar-refractivity contribution >= 4 is 17.9 Å². The lowest BCUT2D eigenvalue weighted by atomic mass is 9.44. The van der Waals surface area contributed by atoms with E-state index >= 15 is 0 Å². The fraction of sp³-hybridized carbons (Fsp3) is 0.710. The van der Waals surface area contributed by atoms with Gasteiger partial charge in [0.2, 0.25) is 6.29 Å². The van der Waals surface area contributed by atoms with Gasteiger partial charge < -0.3 is 24.2 Å². The van der Waals surface area contributed by atoms with Gasteiger partial charge in [-0.25, -0.2) is 4.79 Å². The predicted octanol–water partition coefficient (Wildman–Crippen LogP) is 6.61. The highest BCUT2D eigenvalue weighted by Gasteiger charge is 2.59. The van der Waals surface area contributed by atoms with Crippen LogP contribution in [0.5, 0.6) is 11.5 Å². The number of rotatable bonds is 14. The highest BCUT2D eigenvalue weighted by molar-refractivity contribution is 5.86. The Morgan fingerprint density at radius 2 is 1.79 bits per heavy atom. The number of esters is 1. The number of nitrogens with zero attached hydrogens (tertiary/aromatic N) is 1. The van der Waals surface area contributed by atoms with Crippen molar-refractivity contribution < 1.29 is 43.6 Å². The maximum Gasteiger partial charge on any atom is 0.516 e. The highest BCUT2D eigenvalue weighted by atomic mass is 16.9. The van der Waals surface area contributed by atoms with Crippen LogP contribution in [0.15, 0.2) is 12.1 Å². The molecule has 1 N–H and O–H groups in total. The van der Waals surface area contributed by atoms with Gasteiger partial charge in [0.1, 0.15) is 17.3 Å². The molecule has 3 fully saturated rings. The molecule has 234 valence electrons. The Kier molecular flexibility index (Phi) is 10.5. The van der Waals surface area contributed by atoms with E-state index in [-0.39, 0.29) is 53.5 Å². The first-order chi connectivity index (χ1) is 19.5. The van der Waals surface area contributed by atoms with Crippen LogP contribution >= 0.6 is 0 Å². The third-order valence-corrected chi connectivity index (χ3v) is 9.01. The van der Waals surface area contributed by atoms with Gasteiger partial charge in [-0.2, -0.15) is 0 Å². The van der Waals surface area contributed by atoms with Gasteiger partial charge in [-0.05, 0) is 53.7 Å². The third-order valence-electron chi connectivity index (χ3n) is 9.01. The van der Waals surface area contributed by atoms with E-state index in [1.807, 2.05) is 13.8 Å². The van der Waals surface area contributed by atoms with E-state index in [2.05, 4.69) is 18.7 Å². The maximum atomic E-state index is 12.9. The average molecular weight is 592 g/mol. The van der Waals surface area contributed by atoms with Crippen LogP contribution in [-0.4, -0.2) is 41.0 Å². The molecular formula is C31H45NO10. The zero-order valence-corrected chi connectivity index (χ0v) is 25.8. The van der Waals surface area contributed by atoms with Gasteiger partial charge in [-0.3, -0.25) is 9.59 Å². The number of carbonyl (C=O) groups excluding carboxylic acids is 3. The third kappa shape index (κ3) is 7.72. The van der Waals surface area contributed by atoms with Crippen molar-refractivity contribution in [3.63, 3.8) is 0 Å². The van der Waals surface area contributed by atoms with E-state index in [4.69, 9.17) is 14.2 Å². The minimum absolute atomic E-state index is 0.00367. The van der Waals surface area contributed by atoms with Crippen LogP contribution in [0.4, 0.5) is 4.79 Å². The summed E-state index contributed by atoms with van der Waals surface area (Å²) in [6, 6.07) is 3.42. The second-order valence-corrected chi connectivity index (χ2v) is 13.1. The zero-order valence-electron chi connectivity index (χ0n) is 25.8. The second kappa shape index (κ2) is 13.3. The summed E-state index contributed by atoms with van der Waals surface area (Å²) in [4.78, 5) is 52.4. The van der Waals surface area contributed by atoms with Gasteiger partial charge >= 0.3 is 12.1 Å². The van der Waals surface area contributed by atoms with Crippen LogP contribution in [0.25, 0.3) is 0 Å². The summed E-state index contributed by atoms with van der Waals surface area (Å²) in [7, 11) is 0. The molecule has 0 spiro atoms. The first-order valence-corrected chi connectivity index (χ1v) is 14.8. The molecule has 42 heavy (non-hydrogen) atoms. The number of aromatic hydroxyl groups is 1. The Hall–Kier alpha value is -3.37. The monoisotopic (exact) mass is 591 g/mol. The summed E-state index contributed by atoms with van der Waals surface area (Å²) in [6.07, 6.45) is 2.50. The molecular weight excluding hydrogens is 546 g/mol. The fourth-order valence-corrected chi connectivity index (χ4v) is 6.33. The number of fused-ring (bicyclic) bond motifs is 2. The zero-order chi connectivity index (χ0) is 31.4. The standard InChI is InChI=1S/C31H45NO10/c1-18(2)28(35)40-19(3)41-29(36)42-26-15-20(30(4,5)12-10-8-9-11-13-39-32(37)38)14-25(34)27(26)21-16-24(33)23-17-22(21)31(23,6)7/h14-15,18-19,21-23,34H,8-13,16-17H2,1-7H3/t19?,21-,22-,23+/m1/s1. The van der Waals surface area contributed by atoms with Crippen LogP contribution in [0.1, 0.15) is 110 Å². The van der Waals surface area contributed by atoms with Crippen LogP contribution in [0.2, 0.25) is 0 Å². The predicted molar refractivity (Wildman–Crippen MR) is 152 cm³/mol. The molecule has 0 amide bonds. The lowest BCUT2D eigenvalue weighted by Crippen LogP contribution is -2.56. The SMILES string of the molecule is CC(OC(=O)Oc1cc(C(C)(C)CCCCCCO[N+](=O)[O-])cc(O)c1[C@@H]1CC(=O)[C@@H]2C[C@H]1C2(C)C)OC(=O)C(C)C. The molecule has 4 atom stereocenters. The number of hydrogen-bond acceptors (Lipinski definition) is 10. The molecule has 2 bridgehead atoms. The minimum atomic E-state index is -1.18. The van der Waals surface area contributed by atoms with Gasteiger partial charge in [0.25, 0.3) is 5.09 Å². The van der Waals surface area contributed by atoms with E-state index in [1.165, 1.54) is 6.92 Å². The van der Waals surface area contributed by atoms with Gasteiger partial charge in [-0.15, -0.1) is 10.1 Å². The summed E-state index contributed by atoms with van der Waals surface area (Å²) in [5.74, 6) is -0.894. The minimum Gasteiger partial charge on any atom is -0.508 e. The first kappa shape index (κ1) is 33.1. The smallest absolute Gasteiger partial charge is 0.508 e. The number of hydrogen-bond donors (Lipinski definition) is 1. The topological polar surface area (TPSA) is 152 Å². The highest BCUT2D eigenvalue weighted by Crippen LogP contribution is 2.64. The van der Waals surface area contributed by atoms with Crippen LogP contribution in [-0.2, 0) is 29.3 Å². The maximum absolute atomic E-state index is 12.9. The normalized spacial score (nSPS) is 21.7. The van der Waals surface area contributed by atoms with Crippen molar-refractivity contribution in [2.45, 2.75) is 111 Å². The summed E-state index contributed by atoms with van der Waals surface area (Å²) < 4.78 is 16.0. The average Bonchev–Trinajstić information content (AvgIpc) is 2.86. The number of ketones is 1. The Bertz CT molecular complexity index is 1170. The Balaban J connectivity index is 1.82. The van der Waals surface area contributed by atoms with Crippen LogP contribution in [0, 0.1) is 33.3 Å². The summed E-state index contributed by atoms with van der Waals surface area (Å²) in [5.41, 5.74) is 0.509. The number of Topliss-reactive ketones (excluding diaryl/α,β-unsaturated/α-hetero) is 1.